The molecule has 2 aromatic rings. The van der Waals surface area contributed by atoms with Crippen LogP contribution in [0.15, 0.2) is 53.5 Å². The minimum atomic E-state index is 0. The summed E-state index contributed by atoms with van der Waals surface area (Å²) < 4.78 is 6.33. The molecule has 2 aliphatic rings. The summed E-state index contributed by atoms with van der Waals surface area (Å²) in [6.45, 7) is 14.6. The topological polar surface area (TPSA) is 15.4 Å². The number of para-hydroxylation sites is 2. The van der Waals surface area contributed by atoms with E-state index in [1.165, 1.54) is 54.4 Å². The average molecular weight is 1040 g/mol. The third-order valence-corrected chi connectivity index (χ3v) is 9.02. The monoisotopic (exact) mass is 1040 g/mol. The first kappa shape index (κ1) is 36.4. The van der Waals surface area contributed by atoms with E-state index >= 15 is 0 Å². The van der Waals surface area contributed by atoms with Crippen LogP contribution in [0.1, 0.15) is 65.5 Å². The lowest BCUT2D eigenvalue weighted by atomic mass is 9.82. The highest BCUT2D eigenvalue weighted by molar-refractivity contribution is 14.1. The third kappa shape index (κ3) is 9.25. The molecule has 0 saturated carbocycles. The Labute approximate surface area is 288 Å². The fraction of sp³-hybridized carbons (Fsp3) is 0.500. The largest absolute Gasteiger partial charge is 0.257 e. The Morgan fingerprint density at radius 2 is 1.23 bits per heavy atom. The van der Waals surface area contributed by atoms with Gasteiger partial charge in [-0.25, -0.2) is 0 Å². The summed E-state index contributed by atoms with van der Waals surface area (Å²) >= 11 is 7.22. The van der Waals surface area contributed by atoms with Crippen molar-refractivity contribution in [3.8, 4) is 0 Å². The van der Waals surface area contributed by atoms with E-state index in [2.05, 4.69) is 161 Å². The predicted molar refractivity (Wildman–Crippen MR) is 204 cm³/mol. The van der Waals surface area contributed by atoms with Crippen molar-refractivity contribution in [3.63, 3.8) is 0 Å². The lowest BCUT2D eigenvalue weighted by molar-refractivity contribution is -0.438. The molecule has 4 rings (SSSR count). The first-order chi connectivity index (χ1) is 15.6. The van der Waals surface area contributed by atoms with E-state index in [-0.39, 0.29) is 58.8 Å². The van der Waals surface area contributed by atoms with E-state index in [1.54, 1.807) is 0 Å². The summed E-state index contributed by atoms with van der Waals surface area (Å²) in [5, 5.41) is 0. The van der Waals surface area contributed by atoms with Crippen molar-refractivity contribution in [3.05, 3.63) is 59.7 Å². The number of nitrogens with zero attached hydrogens (tertiary/aromatic N) is 2. The molecule has 2 nitrogen and oxygen atoms in total. The van der Waals surface area contributed by atoms with E-state index in [0.29, 0.717) is 0 Å². The maximum absolute atomic E-state index is 4.52. The first-order valence-electron chi connectivity index (χ1n) is 11.7. The van der Waals surface area contributed by atoms with Gasteiger partial charge in [0, 0.05) is 49.4 Å². The van der Waals surface area contributed by atoms with Crippen LogP contribution in [-0.2, 0) is 10.8 Å². The van der Waals surface area contributed by atoms with Gasteiger partial charge in [0.15, 0.2) is 5.71 Å². The smallest absolute Gasteiger partial charge is 0.209 e. The van der Waals surface area contributed by atoms with Crippen LogP contribution in [0, 0.1) is 0 Å². The standard InChI is InChI=1S/C14H19IN.C11H13N.C3H6I2.2HI/c1-11-14(2,3)12-7-4-5-8-13(12)16(11)10-6-9-15;1-8-11(2,3)9-6-4-5-7-10(9)12-8;4-2-1-3-5;;/h4-5,7-8H,6,9-10H2,1-3H3;4-7H,1-3H3;1-3H2;2*1H/q+1;;;;. The van der Waals surface area contributed by atoms with Crippen molar-refractivity contribution < 1.29 is 4.58 Å². The molecule has 2 aromatic carbocycles. The zero-order valence-electron chi connectivity index (χ0n) is 21.7. The molecule has 0 bridgehead atoms. The Balaban J connectivity index is 0.000000542. The van der Waals surface area contributed by atoms with Gasteiger partial charge in [-0.3, -0.25) is 4.99 Å². The van der Waals surface area contributed by atoms with Crippen LogP contribution in [0.4, 0.5) is 11.4 Å². The van der Waals surface area contributed by atoms with Crippen LogP contribution in [0.2, 0.25) is 0 Å². The minimum absolute atomic E-state index is 0. The zero-order valence-corrected chi connectivity index (χ0v) is 32.8. The number of hydrogen-bond donors (Lipinski definition) is 0. The molecule has 0 spiro atoms. The predicted octanol–water partition coefficient (Wildman–Crippen LogP) is 10.5. The summed E-state index contributed by atoms with van der Waals surface area (Å²) in [7, 11) is 0. The van der Waals surface area contributed by atoms with Gasteiger partial charge >= 0.3 is 0 Å². The Kier molecular flexibility index (Phi) is 17.9. The molecule has 0 aliphatic carbocycles. The van der Waals surface area contributed by atoms with Gasteiger partial charge in [0.2, 0.25) is 5.69 Å². The van der Waals surface area contributed by atoms with E-state index in [0.717, 1.165) is 12.2 Å². The van der Waals surface area contributed by atoms with Gasteiger partial charge in [-0.1, -0.05) is 118 Å². The van der Waals surface area contributed by atoms with Gasteiger partial charge in [-0.05, 0) is 38.8 Å². The Morgan fingerprint density at radius 3 is 1.74 bits per heavy atom. The van der Waals surface area contributed by atoms with Crippen LogP contribution in [0.3, 0.4) is 0 Å². The fourth-order valence-corrected chi connectivity index (χ4v) is 6.69. The molecule has 0 aromatic heterocycles. The Hall–Kier alpha value is 1.43. The summed E-state index contributed by atoms with van der Waals surface area (Å²) in [5.74, 6) is 0. The second-order valence-corrected chi connectivity index (χ2v) is 12.7. The number of rotatable bonds is 5. The molecule has 2 heterocycles. The molecule has 0 fully saturated rings. The summed E-state index contributed by atoms with van der Waals surface area (Å²) in [4.78, 5) is 4.52. The first-order valence-corrected chi connectivity index (χ1v) is 16.2. The molecule has 0 atom stereocenters. The maximum Gasteiger partial charge on any atom is 0.209 e. The van der Waals surface area contributed by atoms with Crippen LogP contribution in [-0.4, -0.2) is 35.8 Å². The normalized spacial score (nSPS) is 15.7. The highest BCUT2D eigenvalue weighted by Gasteiger charge is 2.42. The van der Waals surface area contributed by atoms with Gasteiger partial charge in [-0.15, -0.1) is 48.0 Å². The quantitative estimate of drug-likeness (QED) is 0.161. The fourth-order valence-electron chi connectivity index (χ4n) is 4.12. The van der Waals surface area contributed by atoms with Crippen molar-refractivity contribution >= 4 is 139 Å². The molecule has 0 amide bonds. The van der Waals surface area contributed by atoms with Gasteiger partial charge in [0.25, 0.3) is 0 Å². The lowest BCUT2D eigenvalue weighted by Gasteiger charge is -2.19. The molecule has 0 N–H and O–H groups in total. The zero-order chi connectivity index (χ0) is 24.6. The van der Waals surface area contributed by atoms with Crippen molar-refractivity contribution in [1.29, 1.82) is 0 Å². The van der Waals surface area contributed by atoms with Crippen LogP contribution in [0.5, 0.6) is 0 Å². The van der Waals surface area contributed by atoms with Gasteiger partial charge < -0.3 is 0 Å². The van der Waals surface area contributed by atoms with Gasteiger partial charge in [-0.2, -0.15) is 4.58 Å². The van der Waals surface area contributed by atoms with E-state index < -0.39 is 0 Å². The van der Waals surface area contributed by atoms with Gasteiger partial charge in [0.1, 0.15) is 6.54 Å². The second-order valence-electron chi connectivity index (χ2n) is 9.49. The molecule has 0 saturated heterocycles. The minimum Gasteiger partial charge on any atom is -0.257 e. The SMILES string of the molecule is CC1=Nc2ccccc2C1(C)C.CC1=[N+](CCCI)c2ccccc2C1(C)C.I.I.ICCCI. The Bertz CT molecular complexity index is 994. The number of fused-ring (bicyclic) bond motifs is 2. The highest BCUT2D eigenvalue weighted by atomic mass is 127. The lowest BCUT2D eigenvalue weighted by Crippen LogP contribution is -2.26. The van der Waals surface area contributed by atoms with Crippen LogP contribution >= 0.6 is 116 Å². The van der Waals surface area contributed by atoms with Crippen LogP contribution in [0.25, 0.3) is 0 Å². The number of halogens is 5. The molecule has 0 unspecified atom stereocenters. The van der Waals surface area contributed by atoms with Crippen molar-refractivity contribution in [1.82, 2.24) is 0 Å². The summed E-state index contributed by atoms with van der Waals surface area (Å²) in [6.07, 6.45) is 2.61. The molecule has 7 heteroatoms. The summed E-state index contributed by atoms with van der Waals surface area (Å²) in [5.41, 5.74) is 8.40. The number of benzene rings is 2. The van der Waals surface area contributed by atoms with Crippen molar-refractivity contribution in [2.75, 3.05) is 19.8 Å². The van der Waals surface area contributed by atoms with Crippen molar-refractivity contribution in [2.24, 2.45) is 4.99 Å². The third-order valence-electron chi connectivity index (χ3n) is 6.73. The van der Waals surface area contributed by atoms with E-state index in [4.69, 9.17) is 0 Å². The summed E-state index contributed by atoms with van der Waals surface area (Å²) in [6, 6.07) is 17.2. The number of alkyl halides is 3. The molecular weight excluding hydrogens is 999 g/mol. The molecular formula is C28H40I5N2+. The molecule has 196 valence electrons. The molecule has 0 radical (unpaired) electrons. The maximum atomic E-state index is 4.52. The van der Waals surface area contributed by atoms with Gasteiger partial charge in [0.05, 0.1) is 11.1 Å². The number of aliphatic imine (C=N–C) groups is 1. The molecule has 2 aliphatic heterocycles. The Morgan fingerprint density at radius 1 is 0.714 bits per heavy atom. The molecule has 35 heavy (non-hydrogen) atoms. The number of hydrogen-bond acceptors (Lipinski definition) is 1. The second kappa shape index (κ2) is 17.2. The van der Waals surface area contributed by atoms with Crippen molar-refractivity contribution in [2.45, 2.75) is 65.2 Å². The highest BCUT2D eigenvalue weighted by Crippen LogP contribution is 2.40. The van der Waals surface area contributed by atoms with E-state index in [1.807, 2.05) is 6.07 Å². The van der Waals surface area contributed by atoms with Crippen LogP contribution < -0.4 is 0 Å². The average Bonchev–Trinajstić information content (AvgIpc) is 3.15. The van der Waals surface area contributed by atoms with E-state index in [9.17, 15) is 0 Å².